The van der Waals surface area contributed by atoms with Gasteiger partial charge in [-0.15, -0.1) is 0 Å². The Labute approximate surface area is 158 Å². The SMILES string of the molecule is CC(C)(C)NCCOc1ccc(NC(=O)c2c[nH]c3c2C(=O)CCC3)cn1. The van der Waals surface area contributed by atoms with E-state index in [0.29, 0.717) is 35.7 Å². The zero-order chi connectivity index (χ0) is 19.4. The molecule has 0 aliphatic heterocycles. The van der Waals surface area contributed by atoms with Crippen LogP contribution < -0.4 is 15.4 Å². The van der Waals surface area contributed by atoms with Crippen LogP contribution in [-0.2, 0) is 6.42 Å². The number of hydrogen-bond donors (Lipinski definition) is 3. The van der Waals surface area contributed by atoms with E-state index in [1.165, 1.54) is 0 Å². The minimum atomic E-state index is -0.312. The summed E-state index contributed by atoms with van der Waals surface area (Å²) in [5.74, 6) is 0.207. The van der Waals surface area contributed by atoms with Crippen molar-refractivity contribution in [2.75, 3.05) is 18.5 Å². The fraction of sp³-hybridized carbons (Fsp3) is 0.450. The number of Topliss-reactive ketones (excluding diaryl/α,β-unsaturated/α-hetero) is 1. The van der Waals surface area contributed by atoms with Gasteiger partial charge < -0.3 is 20.4 Å². The molecule has 7 nitrogen and oxygen atoms in total. The largest absolute Gasteiger partial charge is 0.476 e. The predicted octanol–water partition coefficient (Wildman–Crippen LogP) is 2.95. The zero-order valence-corrected chi connectivity index (χ0v) is 16.0. The number of anilines is 1. The average Bonchev–Trinajstić information content (AvgIpc) is 3.05. The van der Waals surface area contributed by atoms with E-state index in [9.17, 15) is 9.59 Å². The molecule has 2 heterocycles. The molecule has 0 unspecified atom stereocenters. The number of carbonyl (C=O) groups is 2. The number of rotatable bonds is 6. The Bertz CT molecular complexity index is 819. The molecule has 3 N–H and O–H groups in total. The summed E-state index contributed by atoms with van der Waals surface area (Å²) < 4.78 is 5.59. The summed E-state index contributed by atoms with van der Waals surface area (Å²) in [4.78, 5) is 31.9. The number of pyridine rings is 1. The molecular formula is C20H26N4O3. The molecule has 0 aromatic carbocycles. The fourth-order valence-corrected chi connectivity index (χ4v) is 3.03. The number of aromatic nitrogens is 2. The molecular weight excluding hydrogens is 344 g/mol. The van der Waals surface area contributed by atoms with Gasteiger partial charge in [-0.05, 0) is 39.7 Å². The lowest BCUT2D eigenvalue weighted by atomic mass is 9.93. The number of carbonyl (C=O) groups excluding carboxylic acids is 2. The maximum absolute atomic E-state index is 12.5. The van der Waals surface area contributed by atoms with Gasteiger partial charge in [0.15, 0.2) is 5.78 Å². The van der Waals surface area contributed by atoms with Crippen LogP contribution in [0.1, 0.15) is 60.0 Å². The highest BCUT2D eigenvalue weighted by Crippen LogP contribution is 2.24. The molecule has 27 heavy (non-hydrogen) atoms. The Balaban J connectivity index is 1.56. The summed E-state index contributed by atoms with van der Waals surface area (Å²) >= 11 is 0. The standard InChI is InChI=1S/C20H26N4O3/c1-20(2,3)23-9-10-27-17-8-7-13(11-22-17)24-19(26)14-12-21-15-5-4-6-16(25)18(14)15/h7-8,11-12,21,23H,4-6,9-10H2,1-3H3,(H,24,26). The predicted molar refractivity (Wildman–Crippen MR) is 104 cm³/mol. The van der Waals surface area contributed by atoms with Gasteiger partial charge in [0.1, 0.15) is 6.61 Å². The van der Waals surface area contributed by atoms with Crippen molar-refractivity contribution in [3.8, 4) is 5.88 Å². The highest BCUT2D eigenvalue weighted by Gasteiger charge is 2.25. The van der Waals surface area contributed by atoms with E-state index in [4.69, 9.17) is 4.74 Å². The third-order valence-corrected chi connectivity index (χ3v) is 4.32. The lowest BCUT2D eigenvalue weighted by Crippen LogP contribution is -2.38. The van der Waals surface area contributed by atoms with Gasteiger partial charge in [-0.25, -0.2) is 4.98 Å². The number of amides is 1. The molecule has 0 fully saturated rings. The normalized spacial score (nSPS) is 14.0. The van der Waals surface area contributed by atoms with E-state index in [-0.39, 0.29) is 17.2 Å². The van der Waals surface area contributed by atoms with Gasteiger partial charge in [0.25, 0.3) is 5.91 Å². The third-order valence-electron chi connectivity index (χ3n) is 4.32. The molecule has 0 saturated carbocycles. The topological polar surface area (TPSA) is 96.1 Å². The average molecular weight is 370 g/mol. The van der Waals surface area contributed by atoms with E-state index >= 15 is 0 Å². The van der Waals surface area contributed by atoms with Crippen molar-refractivity contribution in [2.24, 2.45) is 0 Å². The second-order valence-corrected chi connectivity index (χ2v) is 7.70. The molecule has 1 aliphatic rings. The highest BCUT2D eigenvalue weighted by atomic mass is 16.5. The number of nitrogens with zero attached hydrogens (tertiary/aromatic N) is 1. The molecule has 7 heteroatoms. The Hall–Kier alpha value is -2.67. The fourth-order valence-electron chi connectivity index (χ4n) is 3.03. The summed E-state index contributed by atoms with van der Waals surface area (Å²) in [6.07, 6.45) is 5.26. The van der Waals surface area contributed by atoms with Crippen molar-refractivity contribution < 1.29 is 14.3 Å². The first-order chi connectivity index (χ1) is 12.8. The molecule has 0 saturated heterocycles. The minimum absolute atomic E-state index is 0.0217. The summed E-state index contributed by atoms with van der Waals surface area (Å²) in [6, 6.07) is 3.45. The van der Waals surface area contributed by atoms with Gasteiger partial charge in [-0.2, -0.15) is 0 Å². The quantitative estimate of drug-likeness (QED) is 0.680. The molecule has 0 radical (unpaired) electrons. The van der Waals surface area contributed by atoms with E-state index in [1.807, 2.05) is 0 Å². The molecule has 1 aliphatic carbocycles. The monoisotopic (exact) mass is 370 g/mol. The van der Waals surface area contributed by atoms with Crippen molar-refractivity contribution in [1.82, 2.24) is 15.3 Å². The number of ether oxygens (including phenoxy) is 1. The van der Waals surface area contributed by atoms with Crippen LogP contribution in [0.2, 0.25) is 0 Å². The van der Waals surface area contributed by atoms with E-state index in [2.05, 4.69) is 41.4 Å². The smallest absolute Gasteiger partial charge is 0.257 e. The first kappa shape index (κ1) is 19.1. The number of hydrogen-bond acceptors (Lipinski definition) is 5. The molecule has 2 aromatic heterocycles. The summed E-state index contributed by atoms with van der Waals surface area (Å²) in [5.41, 5.74) is 2.37. The van der Waals surface area contributed by atoms with E-state index < -0.39 is 0 Å². The summed E-state index contributed by atoms with van der Waals surface area (Å²) in [5, 5.41) is 6.12. The van der Waals surface area contributed by atoms with Gasteiger partial charge in [-0.1, -0.05) is 0 Å². The Kier molecular flexibility index (Phi) is 5.60. The maximum Gasteiger partial charge on any atom is 0.257 e. The van der Waals surface area contributed by atoms with Crippen molar-refractivity contribution in [2.45, 2.75) is 45.6 Å². The lowest BCUT2D eigenvalue weighted by molar-refractivity contribution is 0.0956. The van der Waals surface area contributed by atoms with Crippen LogP contribution in [0.25, 0.3) is 0 Å². The third kappa shape index (κ3) is 4.95. The maximum atomic E-state index is 12.5. The Morgan fingerprint density at radius 3 is 2.81 bits per heavy atom. The number of aryl methyl sites for hydroxylation is 1. The van der Waals surface area contributed by atoms with Gasteiger partial charge in [0.2, 0.25) is 5.88 Å². The van der Waals surface area contributed by atoms with Crippen LogP contribution in [0.5, 0.6) is 5.88 Å². The van der Waals surface area contributed by atoms with Crippen LogP contribution in [0.3, 0.4) is 0 Å². The molecule has 144 valence electrons. The number of fused-ring (bicyclic) bond motifs is 1. The number of nitrogens with one attached hydrogen (secondary N) is 3. The number of ketones is 1. The minimum Gasteiger partial charge on any atom is -0.476 e. The van der Waals surface area contributed by atoms with Crippen LogP contribution in [0.4, 0.5) is 5.69 Å². The highest BCUT2D eigenvalue weighted by molar-refractivity contribution is 6.13. The molecule has 0 atom stereocenters. The van der Waals surface area contributed by atoms with E-state index in [0.717, 1.165) is 25.1 Å². The Morgan fingerprint density at radius 1 is 1.30 bits per heavy atom. The van der Waals surface area contributed by atoms with Gasteiger partial charge in [0.05, 0.1) is 23.0 Å². The van der Waals surface area contributed by atoms with Crippen molar-refractivity contribution in [3.05, 3.63) is 41.3 Å². The first-order valence-electron chi connectivity index (χ1n) is 9.22. The number of aromatic amines is 1. The van der Waals surface area contributed by atoms with Crippen LogP contribution in [0.15, 0.2) is 24.5 Å². The van der Waals surface area contributed by atoms with Gasteiger partial charge >= 0.3 is 0 Å². The Morgan fingerprint density at radius 2 is 2.11 bits per heavy atom. The second kappa shape index (κ2) is 7.92. The van der Waals surface area contributed by atoms with Crippen LogP contribution in [-0.4, -0.2) is 40.3 Å². The zero-order valence-electron chi connectivity index (χ0n) is 16.0. The molecule has 1 amide bonds. The van der Waals surface area contributed by atoms with Crippen LogP contribution >= 0.6 is 0 Å². The van der Waals surface area contributed by atoms with Crippen molar-refractivity contribution in [1.29, 1.82) is 0 Å². The second-order valence-electron chi connectivity index (χ2n) is 7.70. The molecule has 0 bridgehead atoms. The number of H-pyrrole nitrogens is 1. The van der Waals surface area contributed by atoms with Crippen molar-refractivity contribution in [3.63, 3.8) is 0 Å². The summed E-state index contributed by atoms with van der Waals surface area (Å²) in [7, 11) is 0. The van der Waals surface area contributed by atoms with Crippen LogP contribution in [0, 0.1) is 0 Å². The van der Waals surface area contributed by atoms with Gasteiger partial charge in [-0.3, -0.25) is 9.59 Å². The van der Waals surface area contributed by atoms with E-state index in [1.54, 1.807) is 24.5 Å². The molecule has 2 aromatic rings. The molecule has 3 rings (SSSR count). The lowest BCUT2D eigenvalue weighted by Gasteiger charge is -2.20. The van der Waals surface area contributed by atoms with Gasteiger partial charge in [0, 0.05) is 36.5 Å². The summed E-state index contributed by atoms with van der Waals surface area (Å²) in [6.45, 7) is 7.51. The first-order valence-corrected chi connectivity index (χ1v) is 9.22. The van der Waals surface area contributed by atoms with Crippen molar-refractivity contribution >= 4 is 17.4 Å². The molecule has 0 spiro atoms.